The molecule has 19 heavy (non-hydrogen) atoms. The highest BCUT2D eigenvalue weighted by molar-refractivity contribution is 5.81. The van der Waals surface area contributed by atoms with Crippen LogP contribution in [0, 0.1) is 5.92 Å². The van der Waals surface area contributed by atoms with Crippen LogP contribution in [0.3, 0.4) is 0 Å². The van der Waals surface area contributed by atoms with E-state index in [1.54, 1.807) is 0 Å². The van der Waals surface area contributed by atoms with E-state index in [-0.39, 0.29) is 11.9 Å². The third kappa shape index (κ3) is 3.91. The van der Waals surface area contributed by atoms with Crippen molar-refractivity contribution in [2.75, 3.05) is 45.8 Å². The first-order valence-corrected chi connectivity index (χ1v) is 7.54. The molecule has 0 aromatic heterocycles. The fraction of sp³-hybridized carbons (Fsp3) is 0.929. The number of carbonyl (C=O) groups is 1. The quantitative estimate of drug-likeness (QED) is 0.721. The molecule has 2 saturated heterocycles. The van der Waals surface area contributed by atoms with E-state index in [2.05, 4.69) is 34.3 Å². The molecule has 1 atom stereocenters. The Morgan fingerprint density at radius 3 is 2.47 bits per heavy atom. The molecule has 0 aromatic rings. The van der Waals surface area contributed by atoms with Gasteiger partial charge in [0, 0.05) is 51.9 Å². The summed E-state index contributed by atoms with van der Waals surface area (Å²) in [5.74, 6) is 0.689. The third-order valence-electron chi connectivity index (χ3n) is 4.17. The van der Waals surface area contributed by atoms with Crippen LogP contribution in [0.4, 0.5) is 0 Å². The number of carbonyl (C=O) groups excluding carboxylic acids is 1. The van der Waals surface area contributed by atoms with Gasteiger partial charge in [0.1, 0.15) is 0 Å². The molecular weight excluding hydrogens is 240 g/mol. The van der Waals surface area contributed by atoms with Gasteiger partial charge in [-0.05, 0) is 12.8 Å². The molecule has 2 fully saturated rings. The van der Waals surface area contributed by atoms with Crippen LogP contribution in [0.15, 0.2) is 0 Å². The fourth-order valence-electron chi connectivity index (χ4n) is 2.70. The molecule has 0 spiro atoms. The standard InChI is InChI=1S/C14H28N4O/c1-11(2)8-16-14(19)12(3)18-9-13(10-18)17-6-4-15-5-7-17/h11-13,15H,4-10H2,1-3H3,(H,16,19). The van der Waals surface area contributed by atoms with Crippen molar-refractivity contribution in [1.29, 1.82) is 0 Å². The van der Waals surface area contributed by atoms with Crippen molar-refractivity contribution in [3.05, 3.63) is 0 Å². The van der Waals surface area contributed by atoms with Gasteiger partial charge in [0.15, 0.2) is 0 Å². The number of amides is 1. The van der Waals surface area contributed by atoms with Crippen LogP contribution in [0.25, 0.3) is 0 Å². The van der Waals surface area contributed by atoms with Gasteiger partial charge in [0.2, 0.25) is 5.91 Å². The highest BCUT2D eigenvalue weighted by Crippen LogP contribution is 2.18. The zero-order valence-electron chi connectivity index (χ0n) is 12.5. The molecule has 2 N–H and O–H groups in total. The average Bonchev–Trinajstić information content (AvgIpc) is 2.35. The second kappa shape index (κ2) is 6.68. The first kappa shape index (κ1) is 14.8. The molecule has 1 unspecified atom stereocenters. The molecule has 0 aromatic carbocycles. The van der Waals surface area contributed by atoms with Gasteiger partial charge in [-0.2, -0.15) is 0 Å². The molecule has 5 nitrogen and oxygen atoms in total. The molecule has 1 amide bonds. The lowest BCUT2D eigenvalue weighted by Gasteiger charge is -2.48. The summed E-state index contributed by atoms with van der Waals surface area (Å²) in [4.78, 5) is 16.8. The van der Waals surface area contributed by atoms with Gasteiger partial charge in [-0.15, -0.1) is 0 Å². The highest BCUT2D eigenvalue weighted by Gasteiger charge is 2.36. The number of piperazine rings is 1. The number of hydrogen-bond acceptors (Lipinski definition) is 4. The Morgan fingerprint density at radius 2 is 1.89 bits per heavy atom. The van der Waals surface area contributed by atoms with Gasteiger partial charge in [-0.25, -0.2) is 0 Å². The van der Waals surface area contributed by atoms with Crippen molar-refractivity contribution in [3.63, 3.8) is 0 Å². The largest absolute Gasteiger partial charge is 0.354 e. The summed E-state index contributed by atoms with van der Waals surface area (Å²) in [7, 11) is 0. The van der Waals surface area contributed by atoms with Gasteiger partial charge in [0.05, 0.1) is 6.04 Å². The van der Waals surface area contributed by atoms with Crippen LogP contribution in [0.2, 0.25) is 0 Å². The van der Waals surface area contributed by atoms with E-state index < -0.39 is 0 Å². The maximum atomic E-state index is 12.0. The number of hydrogen-bond donors (Lipinski definition) is 2. The topological polar surface area (TPSA) is 47.6 Å². The van der Waals surface area contributed by atoms with Crippen molar-refractivity contribution >= 4 is 5.91 Å². The minimum Gasteiger partial charge on any atom is -0.354 e. The second-order valence-electron chi connectivity index (χ2n) is 6.21. The van der Waals surface area contributed by atoms with Gasteiger partial charge in [-0.3, -0.25) is 14.6 Å². The predicted octanol–water partition coefficient (Wildman–Crippen LogP) is -0.263. The summed E-state index contributed by atoms with van der Waals surface area (Å²) in [5.41, 5.74) is 0. The molecule has 2 aliphatic heterocycles. The molecule has 5 heteroatoms. The van der Waals surface area contributed by atoms with Crippen LogP contribution in [0.5, 0.6) is 0 Å². The molecule has 2 rings (SSSR count). The van der Waals surface area contributed by atoms with Gasteiger partial charge >= 0.3 is 0 Å². The van der Waals surface area contributed by atoms with Crippen molar-refractivity contribution in [2.45, 2.75) is 32.9 Å². The number of nitrogens with one attached hydrogen (secondary N) is 2. The van der Waals surface area contributed by atoms with E-state index in [1.807, 2.05) is 6.92 Å². The average molecular weight is 268 g/mol. The summed E-state index contributed by atoms with van der Waals surface area (Å²) < 4.78 is 0. The van der Waals surface area contributed by atoms with Crippen LogP contribution < -0.4 is 10.6 Å². The summed E-state index contributed by atoms with van der Waals surface area (Å²) >= 11 is 0. The Labute approximate surface area is 116 Å². The fourth-order valence-corrected chi connectivity index (χ4v) is 2.70. The monoisotopic (exact) mass is 268 g/mol. The first-order valence-electron chi connectivity index (χ1n) is 7.54. The second-order valence-corrected chi connectivity index (χ2v) is 6.21. The number of nitrogens with zero attached hydrogens (tertiary/aromatic N) is 2. The lowest BCUT2D eigenvalue weighted by molar-refractivity contribution is -0.129. The van der Waals surface area contributed by atoms with E-state index in [1.165, 1.54) is 0 Å². The zero-order valence-corrected chi connectivity index (χ0v) is 12.5. The van der Waals surface area contributed by atoms with Gasteiger partial charge < -0.3 is 10.6 Å². The molecule has 0 bridgehead atoms. The maximum absolute atomic E-state index is 12.0. The first-order chi connectivity index (χ1) is 9.08. The number of rotatable bonds is 5. The van der Waals surface area contributed by atoms with Crippen molar-refractivity contribution in [3.8, 4) is 0 Å². The minimum absolute atomic E-state index is 0.0120. The van der Waals surface area contributed by atoms with Crippen molar-refractivity contribution < 1.29 is 4.79 Å². The number of likely N-dealkylation sites (tertiary alicyclic amines) is 1. The van der Waals surface area contributed by atoms with Crippen molar-refractivity contribution in [1.82, 2.24) is 20.4 Å². The van der Waals surface area contributed by atoms with Crippen LogP contribution in [-0.2, 0) is 4.79 Å². The Bertz CT molecular complexity index is 296. The maximum Gasteiger partial charge on any atom is 0.237 e. The summed E-state index contributed by atoms with van der Waals surface area (Å²) in [6, 6.07) is 0.667. The SMILES string of the molecule is CC(C)CNC(=O)C(C)N1CC(N2CCNCC2)C1. The lowest BCUT2D eigenvalue weighted by Crippen LogP contribution is -2.66. The lowest BCUT2D eigenvalue weighted by atomic mass is 10.0. The van der Waals surface area contributed by atoms with Gasteiger partial charge in [-0.1, -0.05) is 13.8 Å². The molecular formula is C14H28N4O. The third-order valence-corrected chi connectivity index (χ3v) is 4.17. The van der Waals surface area contributed by atoms with E-state index in [4.69, 9.17) is 0 Å². The summed E-state index contributed by atoms with van der Waals surface area (Å²) in [6.45, 7) is 13.6. The molecule has 110 valence electrons. The van der Waals surface area contributed by atoms with Gasteiger partial charge in [0.25, 0.3) is 0 Å². The minimum atomic E-state index is 0.0120. The zero-order chi connectivity index (χ0) is 13.8. The molecule has 0 aliphatic carbocycles. The summed E-state index contributed by atoms with van der Waals surface area (Å²) in [6.07, 6.45) is 0. The molecule has 2 heterocycles. The Kier molecular flexibility index (Phi) is 5.19. The predicted molar refractivity (Wildman–Crippen MR) is 77.1 cm³/mol. The molecule has 0 radical (unpaired) electrons. The Balaban J connectivity index is 1.68. The van der Waals surface area contributed by atoms with Crippen molar-refractivity contribution in [2.24, 2.45) is 5.92 Å². The highest BCUT2D eigenvalue weighted by atomic mass is 16.2. The Morgan fingerprint density at radius 1 is 1.26 bits per heavy atom. The van der Waals surface area contributed by atoms with E-state index in [0.29, 0.717) is 12.0 Å². The molecule has 2 aliphatic rings. The van der Waals surface area contributed by atoms with Crippen LogP contribution in [-0.4, -0.2) is 73.6 Å². The van der Waals surface area contributed by atoms with Crippen LogP contribution >= 0.6 is 0 Å². The normalized spacial score (nSPS) is 24.2. The Hall–Kier alpha value is -0.650. The van der Waals surface area contributed by atoms with Crippen LogP contribution in [0.1, 0.15) is 20.8 Å². The molecule has 0 saturated carbocycles. The van der Waals surface area contributed by atoms with E-state index in [9.17, 15) is 4.79 Å². The van der Waals surface area contributed by atoms with E-state index >= 15 is 0 Å². The van der Waals surface area contributed by atoms with E-state index in [0.717, 1.165) is 45.8 Å². The smallest absolute Gasteiger partial charge is 0.237 e. The summed E-state index contributed by atoms with van der Waals surface area (Å²) in [5, 5.41) is 6.40.